The minimum atomic E-state index is -0.858. The normalized spacial score (nSPS) is 18.0. The van der Waals surface area contributed by atoms with Crippen molar-refractivity contribution in [3.8, 4) is 0 Å². The Bertz CT molecular complexity index is 312. The minimum Gasteiger partial charge on any atom is -0.612 e. The summed E-state index contributed by atoms with van der Waals surface area (Å²) in [5.41, 5.74) is 2.60. The van der Waals surface area contributed by atoms with E-state index in [4.69, 9.17) is 0 Å². The summed E-state index contributed by atoms with van der Waals surface area (Å²) in [4.78, 5) is 0.990. The highest BCUT2D eigenvalue weighted by Crippen LogP contribution is 2.22. The zero-order chi connectivity index (χ0) is 9.26. The Balaban J connectivity index is 2.46. The molecule has 13 heavy (non-hydrogen) atoms. The van der Waals surface area contributed by atoms with Gasteiger partial charge in [-0.1, -0.05) is 12.1 Å². The molecule has 1 atom stereocenters. The average Bonchev–Trinajstić information content (AvgIpc) is 2.17. The van der Waals surface area contributed by atoms with Gasteiger partial charge in [0.1, 0.15) is 6.26 Å². The van der Waals surface area contributed by atoms with Crippen LogP contribution < -0.4 is 5.32 Å². The summed E-state index contributed by atoms with van der Waals surface area (Å²) in [5, 5.41) is 3.30. The molecule has 0 aromatic heterocycles. The van der Waals surface area contributed by atoms with Crippen molar-refractivity contribution in [1.82, 2.24) is 5.32 Å². The first kappa shape index (κ1) is 9.06. The van der Waals surface area contributed by atoms with E-state index in [1.807, 2.05) is 12.1 Å². The van der Waals surface area contributed by atoms with E-state index in [9.17, 15) is 4.55 Å². The molecular weight excluding hydrogens is 182 g/mol. The maximum Gasteiger partial charge on any atom is 0.157 e. The predicted octanol–water partition coefficient (Wildman–Crippen LogP) is 1.07. The van der Waals surface area contributed by atoms with Crippen LogP contribution in [0.2, 0.25) is 0 Å². The second-order valence-electron chi connectivity index (χ2n) is 3.27. The molecule has 0 aliphatic carbocycles. The summed E-state index contributed by atoms with van der Waals surface area (Å²) in [6.07, 6.45) is 2.80. The first-order valence-corrected chi connectivity index (χ1v) is 6.00. The fourth-order valence-electron chi connectivity index (χ4n) is 1.75. The zero-order valence-corrected chi connectivity index (χ0v) is 8.49. The van der Waals surface area contributed by atoms with Crippen molar-refractivity contribution in [1.29, 1.82) is 0 Å². The highest BCUT2D eigenvalue weighted by atomic mass is 32.2. The van der Waals surface area contributed by atoms with E-state index in [-0.39, 0.29) is 0 Å². The molecule has 1 aromatic carbocycles. The van der Waals surface area contributed by atoms with E-state index in [0.29, 0.717) is 0 Å². The summed E-state index contributed by atoms with van der Waals surface area (Å²) in [5.74, 6) is 0. The Morgan fingerprint density at radius 2 is 2.31 bits per heavy atom. The molecule has 1 N–H and O–H groups in total. The molecule has 0 amide bonds. The Labute approximate surface area is 81.5 Å². The van der Waals surface area contributed by atoms with Crippen LogP contribution in [0.4, 0.5) is 0 Å². The van der Waals surface area contributed by atoms with Crippen molar-refractivity contribution in [2.75, 3.05) is 12.8 Å². The largest absolute Gasteiger partial charge is 0.612 e. The van der Waals surface area contributed by atoms with Gasteiger partial charge in [0.25, 0.3) is 0 Å². The molecule has 0 radical (unpaired) electrons. The van der Waals surface area contributed by atoms with E-state index in [0.717, 1.165) is 24.4 Å². The number of rotatable bonds is 1. The van der Waals surface area contributed by atoms with Gasteiger partial charge in [0.2, 0.25) is 0 Å². The lowest BCUT2D eigenvalue weighted by Crippen LogP contribution is -2.25. The van der Waals surface area contributed by atoms with E-state index in [1.54, 1.807) is 6.26 Å². The van der Waals surface area contributed by atoms with Gasteiger partial charge in [-0.15, -0.1) is 0 Å². The van der Waals surface area contributed by atoms with Gasteiger partial charge >= 0.3 is 0 Å². The summed E-state index contributed by atoms with van der Waals surface area (Å²) in [6.45, 7) is 1.90. The van der Waals surface area contributed by atoms with Gasteiger partial charge in [0.15, 0.2) is 4.90 Å². The van der Waals surface area contributed by atoms with Crippen molar-refractivity contribution < 1.29 is 4.55 Å². The first-order chi connectivity index (χ1) is 6.29. The molecule has 0 saturated heterocycles. The van der Waals surface area contributed by atoms with Crippen molar-refractivity contribution in [2.24, 2.45) is 0 Å². The number of hydrogen-bond donors (Lipinski definition) is 1. The molecule has 0 saturated carbocycles. The minimum absolute atomic E-state index is 0.858. The summed E-state index contributed by atoms with van der Waals surface area (Å²) >= 11 is -0.858. The molecule has 2 rings (SSSR count). The van der Waals surface area contributed by atoms with Gasteiger partial charge in [-0.25, -0.2) is 0 Å². The molecule has 1 unspecified atom stereocenters. The lowest BCUT2D eigenvalue weighted by Gasteiger charge is -2.19. The van der Waals surface area contributed by atoms with Crippen LogP contribution in [-0.4, -0.2) is 17.4 Å². The molecule has 3 heteroatoms. The topological polar surface area (TPSA) is 35.1 Å². The summed E-state index contributed by atoms with van der Waals surface area (Å²) < 4.78 is 11.4. The lowest BCUT2D eigenvalue weighted by molar-refractivity contribution is 0.592. The van der Waals surface area contributed by atoms with Gasteiger partial charge < -0.3 is 9.87 Å². The predicted molar refractivity (Wildman–Crippen MR) is 54.2 cm³/mol. The van der Waals surface area contributed by atoms with Crippen LogP contribution in [0.5, 0.6) is 0 Å². The van der Waals surface area contributed by atoms with E-state index in [2.05, 4.69) is 11.4 Å². The summed E-state index contributed by atoms with van der Waals surface area (Å²) in [6, 6.07) is 6.09. The van der Waals surface area contributed by atoms with E-state index < -0.39 is 11.2 Å². The third kappa shape index (κ3) is 1.73. The van der Waals surface area contributed by atoms with Crippen molar-refractivity contribution in [3.63, 3.8) is 0 Å². The van der Waals surface area contributed by atoms with E-state index in [1.165, 1.54) is 11.1 Å². The first-order valence-electron chi connectivity index (χ1n) is 4.44. The SMILES string of the molecule is C[S+]([O-])c1cccc2c1CNCC2. The van der Waals surface area contributed by atoms with Gasteiger partial charge in [0.05, 0.1) is 0 Å². The quantitative estimate of drug-likeness (QED) is 0.680. The van der Waals surface area contributed by atoms with Crippen LogP contribution in [0.15, 0.2) is 23.1 Å². The van der Waals surface area contributed by atoms with Crippen molar-refractivity contribution in [2.45, 2.75) is 17.9 Å². The van der Waals surface area contributed by atoms with Crippen LogP contribution in [0.1, 0.15) is 11.1 Å². The summed E-state index contributed by atoms with van der Waals surface area (Å²) in [7, 11) is 0. The molecule has 0 bridgehead atoms. The molecule has 1 heterocycles. The van der Waals surface area contributed by atoms with Gasteiger partial charge in [0, 0.05) is 12.1 Å². The highest BCUT2D eigenvalue weighted by molar-refractivity contribution is 7.90. The average molecular weight is 195 g/mol. The van der Waals surface area contributed by atoms with Crippen molar-refractivity contribution >= 4 is 11.2 Å². The zero-order valence-electron chi connectivity index (χ0n) is 7.67. The number of fused-ring (bicyclic) bond motifs is 1. The van der Waals surface area contributed by atoms with E-state index >= 15 is 0 Å². The third-order valence-corrected chi connectivity index (χ3v) is 3.41. The fraction of sp³-hybridized carbons (Fsp3) is 0.400. The number of benzene rings is 1. The number of nitrogens with one attached hydrogen (secondary N) is 1. The Kier molecular flexibility index (Phi) is 2.58. The molecular formula is C10H13NOS. The van der Waals surface area contributed by atoms with Crippen LogP contribution in [-0.2, 0) is 24.1 Å². The fourth-order valence-corrected chi connectivity index (χ4v) is 2.57. The maximum atomic E-state index is 11.4. The van der Waals surface area contributed by atoms with Crippen LogP contribution in [0.25, 0.3) is 0 Å². The molecule has 70 valence electrons. The van der Waals surface area contributed by atoms with Crippen LogP contribution >= 0.6 is 0 Å². The second-order valence-corrected chi connectivity index (χ2v) is 4.62. The van der Waals surface area contributed by atoms with Crippen LogP contribution in [0.3, 0.4) is 0 Å². The maximum absolute atomic E-state index is 11.4. The van der Waals surface area contributed by atoms with Gasteiger partial charge in [-0.05, 0) is 35.8 Å². The molecule has 1 aliphatic rings. The molecule has 0 fully saturated rings. The Morgan fingerprint density at radius 1 is 1.46 bits per heavy atom. The van der Waals surface area contributed by atoms with Gasteiger partial charge in [-0.3, -0.25) is 0 Å². The standard InChI is InChI=1S/C10H13NOS/c1-13(12)10-4-2-3-8-5-6-11-7-9(8)10/h2-4,11H,5-7H2,1H3. The second kappa shape index (κ2) is 3.70. The van der Waals surface area contributed by atoms with Crippen LogP contribution in [0, 0.1) is 0 Å². The molecule has 1 aliphatic heterocycles. The smallest absolute Gasteiger partial charge is 0.157 e. The van der Waals surface area contributed by atoms with Crippen molar-refractivity contribution in [3.05, 3.63) is 29.3 Å². The van der Waals surface area contributed by atoms with Gasteiger partial charge in [-0.2, -0.15) is 0 Å². The Morgan fingerprint density at radius 3 is 3.08 bits per heavy atom. The number of hydrogen-bond acceptors (Lipinski definition) is 2. The highest BCUT2D eigenvalue weighted by Gasteiger charge is 2.17. The molecule has 2 nitrogen and oxygen atoms in total. The molecule has 0 spiro atoms. The monoisotopic (exact) mass is 195 g/mol. The third-order valence-electron chi connectivity index (χ3n) is 2.41. The lowest BCUT2D eigenvalue weighted by atomic mass is 10.0. The Hall–Kier alpha value is -0.510. The molecule has 1 aromatic rings.